The summed E-state index contributed by atoms with van der Waals surface area (Å²) >= 11 is 0. The molecule has 160 valence electrons. The lowest BCUT2D eigenvalue weighted by Gasteiger charge is -2.12. The van der Waals surface area contributed by atoms with E-state index in [-0.39, 0.29) is 24.0 Å². The molecule has 0 saturated heterocycles. The molecule has 2 N–H and O–H groups in total. The van der Waals surface area contributed by atoms with Crippen LogP contribution in [0.3, 0.4) is 0 Å². The van der Waals surface area contributed by atoms with Crippen LogP contribution in [0.25, 0.3) is 0 Å². The lowest BCUT2D eigenvalue weighted by atomic mass is 10.1. The van der Waals surface area contributed by atoms with Crippen LogP contribution in [-0.2, 0) is 22.9 Å². The van der Waals surface area contributed by atoms with E-state index in [1.807, 2.05) is 32.0 Å². The van der Waals surface area contributed by atoms with Crippen LogP contribution in [-0.4, -0.2) is 38.8 Å². The minimum absolute atomic E-state index is 0. The summed E-state index contributed by atoms with van der Waals surface area (Å²) in [5.74, 6) is 1.28. The van der Waals surface area contributed by atoms with Crippen LogP contribution in [0, 0.1) is 6.92 Å². The number of rotatable bonds is 8. The number of guanidine groups is 1. The van der Waals surface area contributed by atoms with Gasteiger partial charge in [0.15, 0.2) is 15.8 Å². The van der Waals surface area contributed by atoms with Gasteiger partial charge in [0.25, 0.3) is 0 Å². The second-order valence-corrected chi connectivity index (χ2v) is 8.34. The Hall–Kier alpha value is -1.88. The van der Waals surface area contributed by atoms with Crippen molar-refractivity contribution >= 4 is 39.8 Å². The van der Waals surface area contributed by atoms with Gasteiger partial charge in [0.05, 0.1) is 18.0 Å². The molecule has 0 aliphatic carbocycles. The summed E-state index contributed by atoms with van der Waals surface area (Å²) in [6, 6.07) is 9.12. The van der Waals surface area contributed by atoms with Gasteiger partial charge < -0.3 is 15.4 Å². The second-order valence-electron chi connectivity index (χ2n) is 6.36. The molecule has 0 saturated carbocycles. The van der Waals surface area contributed by atoms with Crippen molar-refractivity contribution in [2.45, 2.75) is 38.8 Å². The van der Waals surface area contributed by atoms with Gasteiger partial charge in [-0.3, -0.25) is 0 Å². The molecule has 0 amide bonds. The number of aromatic nitrogens is 1. The molecule has 2 aromatic rings. The van der Waals surface area contributed by atoms with E-state index in [0.29, 0.717) is 36.4 Å². The molecule has 0 atom stereocenters. The highest BCUT2D eigenvalue weighted by molar-refractivity contribution is 14.0. The van der Waals surface area contributed by atoms with Crippen molar-refractivity contribution in [3.05, 3.63) is 53.2 Å². The molecular formula is C20H29IN4O3S. The van der Waals surface area contributed by atoms with E-state index in [0.717, 1.165) is 23.2 Å². The van der Waals surface area contributed by atoms with Gasteiger partial charge in [-0.1, -0.05) is 12.1 Å². The third kappa shape index (κ3) is 8.17. The highest BCUT2D eigenvalue weighted by atomic mass is 127. The standard InChI is InChI=1S/C20H28N4O3S.HI/c1-5-21-20(24-14-17-9-10-22-19(12-17)27-6-2)23-13-16-7-8-18(15(3)11-16)28(4,25)26;/h7-12H,5-6,13-14H2,1-4H3,(H2,21,23,24);1H. The zero-order valence-corrected chi connectivity index (χ0v) is 20.4. The molecule has 0 spiro atoms. The number of nitrogens with zero attached hydrogens (tertiary/aromatic N) is 2. The molecule has 9 heteroatoms. The maximum Gasteiger partial charge on any atom is 0.213 e. The first kappa shape index (κ1) is 25.2. The quantitative estimate of drug-likeness (QED) is 0.309. The molecule has 29 heavy (non-hydrogen) atoms. The molecule has 1 aromatic heterocycles. The highest BCUT2D eigenvalue weighted by Crippen LogP contribution is 2.17. The molecule has 0 aliphatic heterocycles. The van der Waals surface area contributed by atoms with Crippen molar-refractivity contribution in [2.75, 3.05) is 19.4 Å². The highest BCUT2D eigenvalue weighted by Gasteiger charge is 2.10. The normalized spacial score (nSPS) is 11.5. The molecule has 1 heterocycles. The summed E-state index contributed by atoms with van der Waals surface area (Å²) in [7, 11) is -3.21. The van der Waals surface area contributed by atoms with Crippen molar-refractivity contribution in [1.82, 2.24) is 15.6 Å². The number of pyridine rings is 1. The number of halogens is 1. The first-order valence-electron chi connectivity index (χ1n) is 9.23. The van der Waals surface area contributed by atoms with Gasteiger partial charge in [0.2, 0.25) is 5.88 Å². The lowest BCUT2D eigenvalue weighted by molar-refractivity contribution is 0.326. The number of hydrogen-bond donors (Lipinski definition) is 2. The average Bonchev–Trinajstić information content (AvgIpc) is 2.63. The fourth-order valence-corrected chi connectivity index (χ4v) is 3.67. The molecular weight excluding hydrogens is 503 g/mol. The van der Waals surface area contributed by atoms with Gasteiger partial charge in [-0.2, -0.15) is 0 Å². The molecule has 0 aliphatic rings. The number of aryl methyl sites for hydroxylation is 1. The summed E-state index contributed by atoms with van der Waals surface area (Å²) in [5, 5.41) is 6.50. The van der Waals surface area contributed by atoms with E-state index in [1.54, 1.807) is 25.3 Å². The number of nitrogens with one attached hydrogen (secondary N) is 2. The van der Waals surface area contributed by atoms with E-state index in [9.17, 15) is 8.42 Å². The van der Waals surface area contributed by atoms with Gasteiger partial charge in [-0.15, -0.1) is 24.0 Å². The summed E-state index contributed by atoms with van der Waals surface area (Å²) in [6.07, 6.45) is 2.94. The molecule has 1 aromatic carbocycles. The van der Waals surface area contributed by atoms with Crippen LogP contribution in [0.4, 0.5) is 0 Å². The Morgan fingerprint density at radius 3 is 2.52 bits per heavy atom. The number of ether oxygens (including phenoxy) is 1. The minimum Gasteiger partial charge on any atom is -0.478 e. The predicted octanol–water partition coefficient (Wildman–Crippen LogP) is 3.07. The van der Waals surface area contributed by atoms with Crippen LogP contribution in [0.15, 0.2) is 46.4 Å². The third-order valence-corrected chi connectivity index (χ3v) is 5.21. The third-order valence-electron chi connectivity index (χ3n) is 3.95. The zero-order chi connectivity index (χ0) is 20.6. The van der Waals surface area contributed by atoms with E-state index in [4.69, 9.17) is 4.74 Å². The molecule has 0 fully saturated rings. The van der Waals surface area contributed by atoms with Gasteiger partial charge in [-0.25, -0.2) is 18.4 Å². The molecule has 0 radical (unpaired) electrons. The van der Waals surface area contributed by atoms with E-state index < -0.39 is 9.84 Å². The Bertz CT molecular complexity index is 933. The topological polar surface area (TPSA) is 92.7 Å². The smallest absolute Gasteiger partial charge is 0.213 e. The van der Waals surface area contributed by atoms with Gasteiger partial charge in [0.1, 0.15) is 0 Å². The predicted molar refractivity (Wildman–Crippen MR) is 127 cm³/mol. The first-order chi connectivity index (χ1) is 13.3. The second kappa shape index (κ2) is 12.0. The Balaban J connectivity index is 0.00000420. The molecule has 0 unspecified atom stereocenters. The number of benzene rings is 1. The van der Waals surface area contributed by atoms with Crippen molar-refractivity contribution in [2.24, 2.45) is 4.99 Å². The van der Waals surface area contributed by atoms with Crippen LogP contribution in [0.5, 0.6) is 5.88 Å². The SMILES string of the molecule is CCNC(=NCc1ccc(S(C)(=O)=O)c(C)c1)NCc1ccnc(OCC)c1.I. The summed E-state index contributed by atoms with van der Waals surface area (Å²) in [4.78, 5) is 9.11. The average molecular weight is 532 g/mol. The van der Waals surface area contributed by atoms with Crippen molar-refractivity contribution in [1.29, 1.82) is 0 Å². The fourth-order valence-electron chi connectivity index (χ4n) is 2.71. The lowest BCUT2D eigenvalue weighted by Crippen LogP contribution is -2.36. The fraction of sp³-hybridized carbons (Fsp3) is 0.400. The summed E-state index contributed by atoms with van der Waals surface area (Å²) < 4.78 is 28.9. The summed E-state index contributed by atoms with van der Waals surface area (Å²) in [5.41, 5.74) is 2.72. The number of sulfone groups is 1. The Morgan fingerprint density at radius 2 is 1.90 bits per heavy atom. The largest absolute Gasteiger partial charge is 0.478 e. The van der Waals surface area contributed by atoms with Crippen LogP contribution >= 0.6 is 24.0 Å². The Morgan fingerprint density at radius 1 is 1.14 bits per heavy atom. The Kier molecular flexibility index (Phi) is 10.4. The Labute approximate surface area is 190 Å². The first-order valence-corrected chi connectivity index (χ1v) is 11.1. The molecule has 2 rings (SSSR count). The van der Waals surface area contributed by atoms with Crippen LogP contribution in [0.2, 0.25) is 0 Å². The van der Waals surface area contributed by atoms with E-state index in [2.05, 4.69) is 20.6 Å². The van der Waals surface area contributed by atoms with Crippen molar-refractivity contribution in [3.8, 4) is 5.88 Å². The minimum atomic E-state index is -3.21. The van der Waals surface area contributed by atoms with Crippen molar-refractivity contribution < 1.29 is 13.2 Å². The monoisotopic (exact) mass is 532 g/mol. The van der Waals surface area contributed by atoms with Gasteiger partial charge in [-0.05, 0) is 49.6 Å². The van der Waals surface area contributed by atoms with Crippen LogP contribution < -0.4 is 15.4 Å². The van der Waals surface area contributed by atoms with Crippen molar-refractivity contribution in [3.63, 3.8) is 0 Å². The van der Waals surface area contributed by atoms with E-state index in [1.165, 1.54) is 6.26 Å². The van der Waals surface area contributed by atoms with Crippen LogP contribution in [0.1, 0.15) is 30.5 Å². The zero-order valence-electron chi connectivity index (χ0n) is 17.2. The number of hydrogen-bond acceptors (Lipinski definition) is 5. The maximum absolute atomic E-state index is 11.7. The van der Waals surface area contributed by atoms with Gasteiger partial charge in [0, 0.05) is 31.6 Å². The maximum atomic E-state index is 11.7. The molecule has 7 nitrogen and oxygen atoms in total. The van der Waals surface area contributed by atoms with Gasteiger partial charge >= 0.3 is 0 Å². The molecule has 0 bridgehead atoms. The number of aliphatic imine (C=N–C) groups is 1. The van der Waals surface area contributed by atoms with E-state index >= 15 is 0 Å². The summed E-state index contributed by atoms with van der Waals surface area (Å²) in [6.45, 7) is 8.06.